The molecular weight excluding hydrogens is 270 g/mol. The topological polar surface area (TPSA) is 63.7 Å². The number of carbonyl (C=O) groups excluding carboxylic acids is 3. The number of nitrogens with zero attached hydrogens (tertiary/aromatic N) is 1. The molecule has 5 nitrogen and oxygen atoms in total. The van der Waals surface area contributed by atoms with Crippen molar-refractivity contribution in [2.75, 3.05) is 6.54 Å². The molecule has 1 saturated heterocycles. The lowest BCUT2D eigenvalue weighted by atomic mass is 9.72. The van der Waals surface area contributed by atoms with Crippen LogP contribution in [-0.2, 0) is 14.3 Å². The van der Waals surface area contributed by atoms with Crippen molar-refractivity contribution in [3.63, 3.8) is 0 Å². The van der Waals surface area contributed by atoms with Gasteiger partial charge in [-0.1, -0.05) is 20.8 Å². The number of ether oxygens (including phenoxy) is 1. The second kappa shape index (κ2) is 5.78. The molecule has 0 saturated carbocycles. The van der Waals surface area contributed by atoms with Crippen molar-refractivity contribution in [3.05, 3.63) is 0 Å². The van der Waals surface area contributed by atoms with Gasteiger partial charge in [-0.3, -0.25) is 9.59 Å². The van der Waals surface area contributed by atoms with E-state index < -0.39 is 23.7 Å². The Balaban J connectivity index is 3.15. The summed E-state index contributed by atoms with van der Waals surface area (Å²) in [5.74, 6) is -1.03. The second-order valence-corrected chi connectivity index (χ2v) is 7.79. The van der Waals surface area contributed by atoms with Crippen LogP contribution >= 0.6 is 0 Å². The average Bonchev–Trinajstić information content (AvgIpc) is 2.23. The van der Waals surface area contributed by atoms with Crippen LogP contribution in [0.3, 0.4) is 0 Å². The third-order valence-corrected chi connectivity index (χ3v) is 3.55. The summed E-state index contributed by atoms with van der Waals surface area (Å²) in [5.41, 5.74) is -0.990. The van der Waals surface area contributed by atoms with Gasteiger partial charge in [0.2, 0.25) is 0 Å². The lowest BCUT2D eigenvalue weighted by Crippen LogP contribution is -2.59. The van der Waals surface area contributed by atoms with Gasteiger partial charge in [-0.05, 0) is 33.1 Å². The van der Waals surface area contributed by atoms with Crippen molar-refractivity contribution < 1.29 is 19.1 Å². The number of hydrogen-bond acceptors (Lipinski definition) is 4. The summed E-state index contributed by atoms with van der Waals surface area (Å²) in [5, 5.41) is 0. The normalized spacial score (nSPS) is 24.0. The monoisotopic (exact) mass is 297 g/mol. The van der Waals surface area contributed by atoms with Crippen molar-refractivity contribution in [1.29, 1.82) is 0 Å². The number of likely N-dealkylation sites (tertiary alicyclic amines) is 1. The molecule has 21 heavy (non-hydrogen) atoms. The Morgan fingerprint density at radius 3 is 2.05 bits per heavy atom. The van der Waals surface area contributed by atoms with Crippen LogP contribution in [0.1, 0.15) is 54.9 Å². The molecule has 2 unspecified atom stereocenters. The Bertz CT molecular complexity index is 442. The van der Waals surface area contributed by atoms with Crippen LogP contribution in [0, 0.1) is 11.3 Å². The van der Waals surface area contributed by atoms with E-state index in [0.717, 1.165) is 0 Å². The number of carbonyl (C=O) groups is 3. The average molecular weight is 297 g/mol. The van der Waals surface area contributed by atoms with Gasteiger partial charge >= 0.3 is 6.09 Å². The molecular formula is C16H27NO4. The van der Waals surface area contributed by atoms with Crippen LogP contribution in [-0.4, -0.2) is 40.7 Å². The quantitative estimate of drug-likeness (QED) is 0.698. The molecule has 0 bridgehead atoms. The summed E-state index contributed by atoms with van der Waals surface area (Å²) in [6.45, 7) is 12.9. The zero-order valence-electron chi connectivity index (χ0n) is 14.1. The van der Waals surface area contributed by atoms with Crippen molar-refractivity contribution in [3.8, 4) is 0 Å². The molecule has 0 aromatic heterocycles. The van der Waals surface area contributed by atoms with Crippen molar-refractivity contribution in [2.45, 2.75) is 66.5 Å². The van der Waals surface area contributed by atoms with Crippen molar-refractivity contribution >= 4 is 17.7 Å². The first-order valence-electron chi connectivity index (χ1n) is 7.37. The van der Waals surface area contributed by atoms with Crippen molar-refractivity contribution in [1.82, 2.24) is 4.90 Å². The molecule has 1 amide bonds. The standard InChI is InChI=1S/C16H27NO4/c1-10(18)12-11(19)8-9-17(13(12)15(2,3)4)14(20)21-16(5,6)7/h12-13H,8-9H2,1-7H3. The van der Waals surface area contributed by atoms with Gasteiger partial charge < -0.3 is 9.64 Å². The van der Waals surface area contributed by atoms with E-state index in [-0.39, 0.29) is 23.4 Å². The maximum atomic E-state index is 12.4. The molecule has 1 fully saturated rings. The van der Waals surface area contributed by atoms with E-state index in [1.807, 2.05) is 20.8 Å². The van der Waals surface area contributed by atoms with Crippen LogP contribution in [0.5, 0.6) is 0 Å². The first kappa shape index (κ1) is 17.7. The minimum atomic E-state index is -0.758. The van der Waals surface area contributed by atoms with Gasteiger partial charge in [0.25, 0.3) is 0 Å². The lowest BCUT2D eigenvalue weighted by molar-refractivity contribution is -0.140. The third-order valence-electron chi connectivity index (χ3n) is 3.55. The number of ketones is 2. The number of piperidine rings is 1. The first-order valence-corrected chi connectivity index (χ1v) is 7.37. The van der Waals surface area contributed by atoms with E-state index in [4.69, 9.17) is 4.74 Å². The van der Waals surface area contributed by atoms with Gasteiger partial charge in [-0.15, -0.1) is 0 Å². The van der Waals surface area contributed by atoms with Gasteiger partial charge in [0.15, 0.2) is 0 Å². The number of Topliss-reactive ketones (excluding diaryl/α,β-unsaturated/α-hetero) is 2. The molecule has 0 radical (unpaired) electrons. The minimum Gasteiger partial charge on any atom is -0.444 e. The highest BCUT2D eigenvalue weighted by atomic mass is 16.6. The number of hydrogen-bond donors (Lipinski definition) is 0. The largest absolute Gasteiger partial charge is 0.444 e. The molecule has 5 heteroatoms. The molecule has 1 aliphatic heterocycles. The highest BCUT2D eigenvalue weighted by molar-refractivity contribution is 6.03. The van der Waals surface area contributed by atoms with Crippen LogP contribution in [0.2, 0.25) is 0 Å². The first-order chi connectivity index (χ1) is 9.34. The Labute approximate surface area is 127 Å². The van der Waals surface area contributed by atoms with E-state index in [1.54, 1.807) is 25.7 Å². The van der Waals surface area contributed by atoms with E-state index in [1.165, 1.54) is 6.92 Å². The van der Waals surface area contributed by atoms with Crippen LogP contribution in [0.4, 0.5) is 4.79 Å². The summed E-state index contributed by atoms with van der Waals surface area (Å²) in [6.07, 6.45) is -0.253. The van der Waals surface area contributed by atoms with Gasteiger partial charge in [-0.25, -0.2) is 4.79 Å². The van der Waals surface area contributed by atoms with Gasteiger partial charge in [0.1, 0.15) is 17.2 Å². The zero-order chi connectivity index (χ0) is 16.6. The maximum absolute atomic E-state index is 12.4. The SMILES string of the molecule is CC(=O)C1C(=O)CCN(C(=O)OC(C)(C)C)C1C(C)(C)C. The molecule has 1 heterocycles. The number of rotatable bonds is 1. The van der Waals surface area contributed by atoms with E-state index in [2.05, 4.69) is 0 Å². The van der Waals surface area contributed by atoms with Gasteiger partial charge in [-0.2, -0.15) is 0 Å². The summed E-state index contributed by atoms with van der Waals surface area (Å²) < 4.78 is 5.43. The summed E-state index contributed by atoms with van der Waals surface area (Å²) >= 11 is 0. The molecule has 1 rings (SSSR count). The Hall–Kier alpha value is -1.39. The van der Waals surface area contributed by atoms with Gasteiger partial charge in [0, 0.05) is 13.0 Å². The Kier molecular flexibility index (Phi) is 4.86. The fourth-order valence-corrected chi connectivity index (χ4v) is 2.82. The van der Waals surface area contributed by atoms with Gasteiger partial charge in [0.05, 0.1) is 12.0 Å². The predicted molar refractivity (Wildman–Crippen MR) is 80.0 cm³/mol. The lowest BCUT2D eigenvalue weighted by Gasteiger charge is -2.46. The highest BCUT2D eigenvalue weighted by Gasteiger charge is 2.48. The summed E-state index contributed by atoms with van der Waals surface area (Å²) in [4.78, 5) is 38.0. The molecule has 0 spiro atoms. The molecule has 120 valence electrons. The maximum Gasteiger partial charge on any atom is 0.410 e. The van der Waals surface area contributed by atoms with Crippen LogP contribution in [0.25, 0.3) is 0 Å². The van der Waals surface area contributed by atoms with Crippen molar-refractivity contribution in [2.24, 2.45) is 11.3 Å². The summed E-state index contributed by atoms with van der Waals surface area (Å²) in [7, 11) is 0. The molecule has 2 atom stereocenters. The van der Waals surface area contributed by atoms with E-state index >= 15 is 0 Å². The van der Waals surface area contributed by atoms with Crippen LogP contribution < -0.4 is 0 Å². The summed E-state index contributed by atoms with van der Waals surface area (Å²) in [6, 6.07) is -0.467. The minimum absolute atomic E-state index is 0.0813. The fraction of sp³-hybridized carbons (Fsp3) is 0.812. The molecule has 0 aromatic rings. The fourth-order valence-electron chi connectivity index (χ4n) is 2.82. The second-order valence-electron chi connectivity index (χ2n) is 7.79. The zero-order valence-corrected chi connectivity index (χ0v) is 14.1. The van der Waals surface area contributed by atoms with E-state index in [9.17, 15) is 14.4 Å². The molecule has 0 N–H and O–H groups in total. The number of amides is 1. The predicted octanol–water partition coefficient (Wildman–Crippen LogP) is 2.82. The highest BCUT2D eigenvalue weighted by Crippen LogP contribution is 2.35. The van der Waals surface area contributed by atoms with E-state index in [0.29, 0.717) is 6.54 Å². The third kappa shape index (κ3) is 4.29. The van der Waals surface area contributed by atoms with Crippen LogP contribution in [0.15, 0.2) is 0 Å². The molecule has 0 aliphatic carbocycles. The Morgan fingerprint density at radius 1 is 1.14 bits per heavy atom. The Morgan fingerprint density at radius 2 is 1.67 bits per heavy atom. The molecule has 0 aromatic carbocycles. The molecule has 1 aliphatic rings. The smallest absolute Gasteiger partial charge is 0.410 e.